The summed E-state index contributed by atoms with van der Waals surface area (Å²) in [5, 5.41) is 7.94. The number of ether oxygens (including phenoxy) is 1. The Hall–Kier alpha value is -1.07. The van der Waals surface area contributed by atoms with Crippen LogP contribution in [-0.4, -0.2) is 43.6 Å². The lowest BCUT2D eigenvalue weighted by atomic mass is 10.2. The summed E-state index contributed by atoms with van der Waals surface area (Å²) >= 11 is 0. The van der Waals surface area contributed by atoms with Crippen molar-refractivity contribution < 1.29 is 4.74 Å². The highest BCUT2D eigenvalue weighted by molar-refractivity contribution is 5.49. The lowest BCUT2D eigenvalue weighted by Crippen LogP contribution is -2.27. The van der Waals surface area contributed by atoms with Crippen LogP contribution in [0.4, 0.5) is 5.82 Å². The van der Waals surface area contributed by atoms with E-state index in [1.54, 1.807) is 7.11 Å². The molecular weight excluding hydrogens is 240 g/mol. The maximum Gasteiger partial charge on any atom is 0.131 e. The number of aryl methyl sites for hydroxylation is 2. The van der Waals surface area contributed by atoms with Crippen LogP contribution in [-0.2, 0) is 18.3 Å². The molecule has 1 aromatic rings. The molecule has 0 spiro atoms. The molecule has 0 saturated carbocycles. The molecule has 110 valence electrons. The predicted octanol–water partition coefficient (Wildman–Crippen LogP) is 1.56. The molecule has 0 radical (unpaired) electrons. The molecule has 1 N–H and O–H groups in total. The van der Waals surface area contributed by atoms with Gasteiger partial charge in [-0.3, -0.25) is 4.68 Å². The van der Waals surface area contributed by atoms with Crippen LogP contribution in [0.25, 0.3) is 0 Å². The number of nitrogens with zero attached hydrogens (tertiary/aromatic N) is 3. The number of methoxy groups -OCH3 is 1. The Labute approximate surface area is 116 Å². The van der Waals surface area contributed by atoms with Gasteiger partial charge in [0.15, 0.2) is 0 Å². The van der Waals surface area contributed by atoms with Gasteiger partial charge in [0.05, 0.1) is 12.3 Å². The van der Waals surface area contributed by atoms with Crippen molar-refractivity contribution in [3.05, 3.63) is 11.3 Å². The molecule has 1 aromatic heterocycles. The largest absolute Gasteiger partial charge is 0.383 e. The van der Waals surface area contributed by atoms with Gasteiger partial charge in [-0.1, -0.05) is 13.8 Å². The lowest BCUT2D eigenvalue weighted by Gasteiger charge is -2.23. The summed E-state index contributed by atoms with van der Waals surface area (Å²) in [6, 6.07) is 0. The first kappa shape index (κ1) is 16.0. The number of anilines is 1. The van der Waals surface area contributed by atoms with E-state index in [-0.39, 0.29) is 0 Å². The Morgan fingerprint density at radius 2 is 2.11 bits per heavy atom. The van der Waals surface area contributed by atoms with Crippen LogP contribution in [0, 0.1) is 12.8 Å². The zero-order valence-electron chi connectivity index (χ0n) is 13.2. The van der Waals surface area contributed by atoms with Crippen molar-refractivity contribution >= 4 is 5.82 Å². The summed E-state index contributed by atoms with van der Waals surface area (Å²) in [4.78, 5) is 2.29. The molecule has 1 rings (SSSR count). The van der Waals surface area contributed by atoms with Crippen LogP contribution in [0.15, 0.2) is 0 Å². The van der Waals surface area contributed by atoms with Gasteiger partial charge in [-0.05, 0) is 12.8 Å². The summed E-state index contributed by atoms with van der Waals surface area (Å²) < 4.78 is 7.03. The molecule has 0 atom stereocenters. The number of hydrogen-bond donors (Lipinski definition) is 1. The van der Waals surface area contributed by atoms with Gasteiger partial charge in [-0.15, -0.1) is 0 Å². The van der Waals surface area contributed by atoms with Gasteiger partial charge < -0.3 is 15.0 Å². The topological polar surface area (TPSA) is 42.3 Å². The maximum atomic E-state index is 5.05. The molecule has 0 fully saturated rings. The molecule has 0 aliphatic heterocycles. The number of aromatic nitrogens is 2. The number of hydrogen-bond acceptors (Lipinski definition) is 4. The number of nitrogens with one attached hydrogen (secondary N) is 1. The summed E-state index contributed by atoms with van der Waals surface area (Å²) in [5.74, 6) is 1.84. The van der Waals surface area contributed by atoms with Crippen molar-refractivity contribution in [2.45, 2.75) is 27.3 Å². The minimum absolute atomic E-state index is 0.634. The molecule has 0 aromatic carbocycles. The summed E-state index contributed by atoms with van der Waals surface area (Å²) in [7, 11) is 5.87. The predicted molar refractivity (Wildman–Crippen MR) is 79.6 cm³/mol. The highest BCUT2D eigenvalue weighted by atomic mass is 16.5. The fraction of sp³-hybridized carbons (Fsp3) is 0.786. The summed E-state index contributed by atoms with van der Waals surface area (Å²) in [6.45, 7) is 9.99. The average Bonchev–Trinajstić information content (AvgIpc) is 2.58. The number of rotatable bonds is 8. The highest BCUT2D eigenvalue weighted by Gasteiger charge is 2.17. The Morgan fingerprint density at radius 3 is 2.68 bits per heavy atom. The van der Waals surface area contributed by atoms with Gasteiger partial charge >= 0.3 is 0 Å². The van der Waals surface area contributed by atoms with Gasteiger partial charge in [0.2, 0.25) is 0 Å². The van der Waals surface area contributed by atoms with E-state index in [0.717, 1.165) is 31.9 Å². The summed E-state index contributed by atoms with van der Waals surface area (Å²) in [6.07, 6.45) is 0. The molecule has 0 unspecified atom stereocenters. The second-order valence-electron chi connectivity index (χ2n) is 5.46. The van der Waals surface area contributed by atoms with E-state index in [0.29, 0.717) is 5.92 Å². The van der Waals surface area contributed by atoms with Crippen LogP contribution < -0.4 is 10.2 Å². The van der Waals surface area contributed by atoms with Crippen molar-refractivity contribution in [3.8, 4) is 0 Å². The van der Waals surface area contributed by atoms with E-state index in [1.165, 1.54) is 11.4 Å². The highest BCUT2D eigenvalue weighted by Crippen LogP contribution is 2.22. The van der Waals surface area contributed by atoms with E-state index >= 15 is 0 Å². The fourth-order valence-electron chi connectivity index (χ4n) is 2.40. The minimum atomic E-state index is 0.634. The minimum Gasteiger partial charge on any atom is -0.383 e. The van der Waals surface area contributed by atoms with Gasteiger partial charge in [0, 0.05) is 46.4 Å². The third-order valence-electron chi connectivity index (χ3n) is 3.10. The van der Waals surface area contributed by atoms with Crippen LogP contribution >= 0.6 is 0 Å². The first-order valence-corrected chi connectivity index (χ1v) is 6.90. The average molecular weight is 268 g/mol. The Morgan fingerprint density at radius 1 is 1.42 bits per heavy atom. The normalized spacial score (nSPS) is 11.3. The quantitative estimate of drug-likeness (QED) is 0.727. The van der Waals surface area contributed by atoms with Gasteiger partial charge in [-0.25, -0.2) is 0 Å². The van der Waals surface area contributed by atoms with Crippen molar-refractivity contribution in [1.29, 1.82) is 0 Å². The zero-order valence-corrected chi connectivity index (χ0v) is 13.2. The Kier molecular flexibility index (Phi) is 6.31. The third kappa shape index (κ3) is 4.51. The fourth-order valence-corrected chi connectivity index (χ4v) is 2.40. The van der Waals surface area contributed by atoms with Gasteiger partial charge in [0.25, 0.3) is 0 Å². The first-order valence-electron chi connectivity index (χ1n) is 6.90. The first-order chi connectivity index (χ1) is 8.97. The van der Waals surface area contributed by atoms with Crippen molar-refractivity contribution in [2.24, 2.45) is 13.0 Å². The van der Waals surface area contributed by atoms with E-state index in [4.69, 9.17) is 4.74 Å². The van der Waals surface area contributed by atoms with Crippen LogP contribution in [0.3, 0.4) is 0 Å². The van der Waals surface area contributed by atoms with E-state index < -0.39 is 0 Å². The molecule has 0 amide bonds. The molecule has 0 aliphatic carbocycles. The van der Waals surface area contributed by atoms with Crippen LogP contribution in [0.5, 0.6) is 0 Å². The van der Waals surface area contributed by atoms with Gasteiger partial charge in [0.1, 0.15) is 5.82 Å². The molecule has 19 heavy (non-hydrogen) atoms. The van der Waals surface area contributed by atoms with Crippen LogP contribution in [0.2, 0.25) is 0 Å². The lowest BCUT2D eigenvalue weighted by molar-refractivity contribution is 0.199. The van der Waals surface area contributed by atoms with Crippen molar-refractivity contribution in [1.82, 2.24) is 15.1 Å². The van der Waals surface area contributed by atoms with E-state index in [2.05, 4.69) is 43.1 Å². The molecule has 5 nitrogen and oxygen atoms in total. The molecular formula is C14H28N4O. The Bertz CT molecular complexity index is 387. The Balaban J connectivity index is 2.78. The van der Waals surface area contributed by atoms with Gasteiger partial charge in [-0.2, -0.15) is 5.10 Å². The molecule has 1 heterocycles. The molecule has 0 bridgehead atoms. The monoisotopic (exact) mass is 268 g/mol. The van der Waals surface area contributed by atoms with E-state index in [9.17, 15) is 0 Å². The second-order valence-corrected chi connectivity index (χ2v) is 5.46. The maximum absolute atomic E-state index is 5.05. The second kappa shape index (κ2) is 7.50. The van der Waals surface area contributed by atoms with E-state index in [1.807, 2.05) is 11.7 Å². The van der Waals surface area contributed by atoms with Crippen molar-refractivity contribution in [3.63, 3.8) is 0 Å². The van der Waals surface area contributed by atoms with Crippen LogP contribution in [0.1, 0.15) is 25.1 Å². The van der Waals surface area contributed by atoms with Crippen molar-refractivity contribution in [2.75, 3.05) is 38.8 Å². The molecule has 5 heteroatoms. The molecule has 0 saturated heterocycles. The SMILES string of the molecule is COCCNCc1c(C)nn(C)c1N(C)CC(C)C. The summed E-state index contributed by atoms with van der Waals surface area (Å²) in [5.41, 5.74) is 2.37. The third-order valence-corrected chi connectivity index (χ3v) is 3.10. The smallest absolute Gasteiger partial charge is 0.131 e. The molecule has 0 aliphatic rings. The standard InChI is InChI=1S/C14H28N4O/c1-11(2)10-17(4)14-13(9-15-7-8-19-6)12(3)16-18(14)5/h11,15H,7-10H2,1-6H3. The zero-order chi connectivity index (χ0) is 14.4.